The summed E-state index contributed by atoms with van der Waals surface area (Å²) < 4.78 is 10.7. The maximum atomic E-state index is 12.8. The smallest absolute Gasteiger partial charge is 0.407 e. The second-order valence-corrected chi connectivity index (χ2v) is 8.34. The molecule has 1 heterocycles. The predicted octanol–water partition coefficient (Wildman–Crippen LogP) is 3.05. The van der Waals surface area contributed by atoms with E-state index < -0.39 is 36.2 Å². The Bertz CT molecular complexity index is 994. The fraction of sp³-hybridized carbons (Fsp3) is 0.400. The standard InChI is InChI=1S/C25H28N2O6/c1-2-7-21(23(28)26-20-12-13-32-22(20)24(29)30)27-25(31)33-14-19-17-10-5-3-8-15(17)16-9-4-6-11-18(16)19/h3-6,8-11,19-22H,2,7,12-14H2,1H3,(H,26,28)(H,27,31)(H,29,30)/t20-,21?,22+/m1/s1. The van der Waals surface area contributed by atoms with Gasteiger partial charge in [0.1, 0.15) is 12.6 Å². The number of fused-ring (bicyclic) bond motifs is 3. The fourth-order valence-corrected chi connectivity index (χ4v) is 4.60. The number of carboxylic acids is 1. The van der Waals surface area contributed by atoms with E-state index in [0.717, 1.165) is 22.3 Å². The van der Waals surface area contributed by atoms with Crippen LogP contribution in [0.4, 0.5) is 4.79 Å². The molecule has 3 N–H and O–H groups in total. The first-order chi connectivity index (χ1) is 16.0. The summed E-state index contributed by atoms with van der Waals surface area (Å²) in [4.78, 5) is 36.6. The lowest BCUT2D eigenvalue weighted by Gasteiger charge is -2.22. The maximum absolute atomic E-state index is 12.8. The Balaban J connectivity index is 1.38. The van der Waals surface area contributed by atoms with E-state index in [1.165, 1.54) is 0 Å². The van der Waals surface area contributed by atoms with Crippen molar-refractivity contribution in [3.05, 3.63) is 59.7 Å². The summed E-state index contributed by atoms with van der Waals surface area (Å²) in [6, 6.07) is 14.7. The molecular formula is C25H28N2O6. The van der Waals surface area contributed by atoms with Crippen molar-refractivity contribution in [2.75, 3.05) is 13.2 Å². The van der Waals surface area contributed by atoms with E-state index in [-0.39, 0.29) is 19.1 Å². The van der Waals surface area contributed by atoms with Crippen molar-refractivity contribution >= 4 is 18.0 Å². The quantitative estimate of drug-likeness (QED) is 0.567. The number of nitrogens with one attached hydrogen (secondary N) is 2. The molecule has 0 aromatic heterocycles. The number of rotatable bonds is 8. The van der Waals surface area contributed by atoms with Gasteiger partial charge in [-0.15, -0.1) is 0 Å². The Morgan fingerprint density at radius 2 is 1.73 bits per heavy atom. The van der Waals surface area contributed by atoms with E-state index in [0.29, 0.717) is 19.3 Å². The Labute approximate surface area is 192 Å². The molecule has 8 nitrogen and oxygen atoms in total. The summed E-state index contributed by atoms with van der Waals surface area (Å²) in [6.45, 7) is 2.32. The summed E-state index contributed by atoms with van der Waals surface area (Å²) >= 11 is 0. The van der Waals surface area contributed by atoms with Gasteiger partial charge in [0, 0.05) is 12.5 Å². The molecule has 174 valence electrons. The van der Waals surface area contributed by atoms with Gasteiger partial charge >= 0.3 is 12.1 Å². The predicted molar refractivity (Wildman–Crippen MR) is 121 cm³/mol. The number of hydrogen-bond acceptors (Lipinski definition) is 5. The maximum Gasteiger partial charge on any atom is 0.407 e. The Morgan fingerprint density at radius 1 is 1.09 bits per heavy atom. The average molecular weight is 453 g/mol. The monoisotopic (exact) mass is 452 g/mol. The first-order valence-electron chi connectivity index (χ1n) is 11.3. The van der Waals surface area contributed by atoms with Crippen LogP contribution in [0.25, 0.3) is 11.1 Å². The van der Waals surface area contributed by atoms with Crippen LogP contribution in [0.3, 0.4) is 0 Å². The van der Waals surface area contributed by atoms with E-state index in [1.807, 2.05) is 43.3 Å². The van der Waals surface area contributed by atoms with Crippen molar-refractivity contribution < 1.29 is 29.0 Å². The SMILES string of the molecule is CCCC(NC(=O)OCC1c2ccccc2-c2ccccc21)C(=O)N[C@@H]1CCO[C@@H]1C(=O)O. The highest BCUT2D eigenvalue weighted by Crippen LogP contribution is 2.44. The fourth-order valence-electron chi connectivity index (χ4n) is 4.60. The van der Waals surface area contributed by atoms with E-state index in [2.05, 4.69) is 22.8 Å². The molecule has 3 atom stereocenters. The third-order valence-electron chi connectivity index (χ3n) is 6.19. The lowest BCUT2D eigenvalue weighted by molar-refractivity contribution is -0.148. The molecule has 1 saturated heterocycles. The van der Waals surface area contributed by atoms with Crippen LogP contribution in [0.1, 0.15) is 43.2 Å². The van der Waals surface area contributed by atoms with Crippen molar-refractivity contribution in [2.24, 2.45) is 0 Å². The number of benzene rings is 2. The molecule has 1 fully saturated rings. The van der Waals surface area contributed by atoms with E-state index in [9.17, 15) is 19.5 Å². The third kappa shape index (κ3) is 4.85. The highest BCUT2D eigenvalue weighted by molar-refractivity contribution is 5.87. The Morgan fingerprint density at radius 3 is 2.33 bits per heavy atom. The van der Waals surface area contributed by atoms with Crippen LogP contribution in [0, 0.1) is 0 Å². The molecule has 1 aliphatic heterocycles. The number of amides is 2. The largest absolute Gasteiger partial charge is 0.479 e. The highest BCUT2D eigenvalue weighted by Gasteiger charge is 2.36. The number of carboxylic acid groups (broad SMARTS) is 1. The lowest BCUT2D eigenvalue weighted by atomic mass is 9.98. The molecule has 0 radical (unpaired) electrons. The zero-order chi connectivity index (χ0) is 23.4. The molecule has 0 saturated carbocycles. The van der Waals surface area contributed by atoms with Gasteiger partial charge < -0.3 is 25.2 Å². The molecular weight excluding hydrogens is 424 g/mol. The zero-order valence-electron chi connectivity index (χ0n) is 18.5. The zero-order valence-corrected chi connectivity index (χ0v) is 18.5. The van der Waals surface area contributed by atoms with Gasteiger partial charge in [-0.25, -0.2) is 9.59 Å². The van der Waals surface area contributed by atoms with Crippen LogP contribution in [0.5, 0.6) is 0 Å². The number of ether oxygens (including phenoxy) is 2. The molecule has 33 heavy (non-hydrogen) atoms. The Kier molecular flexibility index (Phi) is 6.93. The molecule has 4 rings (SSSR count). The van der Waals surface area contributed by atoms with Crippen molar-refractivity contribution in [3.8, 4) is 11.1 Å². The number of hydrogen-bond donors (Lipinski definition) is 3. The van der Waals surface area contributed by atoms with E-state index in [4.69, 9.17) is 9.47 Å². The minimum Gasteiger partial charge on any atom is -0.479 e. The number of carbonyl (C=O) groups is 3. The van der Waals surface area contributed by atoms with Crippen molar-refractivity contribution in [1.29, 1.82) is 0 Å². The lowest BCUT2D eigenvalue weighted by Crippen LogP contribution is -2.52. The van der Waals surface area contributed by atoms with Crippen LogP contribution in [0.2, 0.25) is 0 Å². The van der Waals surface area contributed by atoms with E-state index in [1.54, 1.807) is 0 Å². The number of carbonyl (C=O) groups excluding carboxylic acids is 2. The van der Waals surface area contributed by atoms with Crippen LogP contribution in [-0.2, 0) is 19.1 Å². The Hall–Kier alpha value is -3.39. The summed E-state index contributed by atoms with van der Waals surface area (Å²) in [5.74, 6) is -1.63. The molecule has 1 aliphatic carbocycles. The summed E-state index contributed by atoms with van der Waals surface area (Å²) in [6.07, 6.45) is -0.285. The van der Waals surface area contributed by atoms with Gasteiger partial charge in [-0.3, -0.25) is 4.79 Å². The molecule has 2 aromatic carbocycles. The van der Waals surface area contributed by atoms with Crippen LogP contribution < -0.4 is 10.6 Å². The second-order valence-electron chi connectivity index (χ2n) is 8.34. The van der Waals surface area contributed by atoms with Gasteiger partial charge in [0.15, 0.2) is 6.10 Å². The van der Waals surface area contributed by atoms with Crippen molar-refractivity contribution in [1.82, 2.24) is 10.6 Å². The van der Waals surface area contributed by atoms with Crippen LogP contribution in [0.15, 0.2) is 48.5 Å². The molecule has 2 aliphatic rings. The first-order valence-corrected chi connectivity index (χ1v) is 11.3. The minimum absolute atomic E-state index is 0.0754. The first kappa shape index (κ1) is 22.8. The van der Waals surface area contributed by atoms with Gasteiger partial charge in [0.05, 0.1) is 6.04 Å². The molecule has 0 bridgehead atoms. The average Bonchev–Trinajstić information content (AvgIpc) is 3.40. The summed E-state index contributed by atoms with van der Waals surface area (Å²) in [7, 11) is 0. The number of aliphatic carboxylic acids is 1. The topological polar surface area (TPSA) is 114 Å². The van der Waals surface area contributed by atoms with Crippen molar-refractivity contribution in [3.63, 3.8) is 0 Å². The van der Waals surface area contributed by atoms with Gasteiger partial charge in [-0.2, -0.15) is 0 Å². The molecule has 8 heteroatoms. The van der Waals surface area contributed by atoms with Crippen LogP contribution >= 0.6 is 0 Å². The molecule has 2 aromatic rings. The molecule has 2 amide bonds. The summed E-state index contributed by atoms with van der Waals surface area (Å²) in [5.41, 5.74) is 4.49. The van der Waals surface area contributed by atoms with Gasteiger partial charge in [-0.05, 0) is 35.1 Å². The van der Waals surface area contributed by atoms with Crippen molar-refractivity contribution in [2.45, 2.75) is 50.3 Å². The highest BCUT2D eigenvalue weighted by atomic mass is 16.5. The normalized spacial score (nSPS) is 19.9. The van der Waals surface area contributed by atoms with Gasteiger partial charge in [-0.1, -0.05) is 61.9 Å². The van der Waals surface area contributed by atoms with E-state index >= 15 is 0 Å². The number of alkyl carbamates (subject to hydrolysis) is 1. The van der Waals surface area contributed by atoms with Gasteiger partial charge in [0.25, 0.3) is 0 Å². The molecule has 1 unspecified atom stereocenters. The van der Waals surface area contributed by atoms with Gasteiger partial charge in [0.2, 0.25) is 5.91 Å². The minimum atomic E-state index is -1.12. The second kappa shape index (κ2) is 10.0. The molecule has 0 spiro atoms. The summed E-state index contributed by atoms with van der Waals surface area (Å²) in [5, 5.41) is 14.6. The van der Waals surface area contributed by atoms with Crippen LogP contribution in [-0.4, -0.2) is 54.5 Å². The third-order valence-corrected chi connectivity index (χ3v) is 6.19.